The van der Waals surface area contributed by atoms with E-state index in [1.807, 2.05) is 39.0 Å². The number of aryl methyl sites for hydroxylation is 2. The van der Waals surface area contributed by atoms with E-state index in [1.165, 1.54) is 10.8 Å². The summed E-state index contributed by atoms with van der Waals surface area (Å²) < 4.78 is 12.7. The first-order chi connectivity index (χ1) is 15.5. The van der Waals surface area contributed by atoms with Crippen molar-refractivity contribution in [2.75, 3.05) is 13.2 Å². The van der Waals surface area contributed by atoms with Crippen LogP contribution in [0.2, 0.25) is 5.28 Å². The van der Waals surface area contributed by atoms with Crippen LogP contribution in [0.4, 0.5) is 10.6 Å². The highest BCUT2D eigenvalue weighted by atomic mass is 35.5. The average molecular weight is 481 g/mol. The van der Waals surface area contributed by atoms with E-state index in [-0.39, 0.29) is 30.3 Å². The number of hydrogen-bond acceptors (Lipinski definition) is 7. The SMILES string of the molecule is CC(C)(C)OC(=O)N1CCCc2cc(OC[C@@H](O)CCn3cc([N+](=O)[O-])nc3Cl)ccc2C1. The fourth-order valence-corrected chi connectivity index (χ4v) is 3.72. The van der Waals surface area contributed by atoms with Gasteiger partial charge in [-0.25, -0.2) is 4.79 Å². The summed E-state index contributed by atoms with van der Waals surface area (Å²) in [5.74, 6) is 0.302. The minimum Gasteiger partial charge on any atom is -0.491 e. The number of halogens is 1. The highest BCUT2D eigenvalue weighted by Gasteiger charge is 2.25. The molecule has 0 unspecified atom stereocenters. The maximum atomic E-state index is 12.4. The van der Waals surface area contributed by atoms with Gasteiger partial charge >= 0.3 is 17.2 Å². The Kier molecular flexibility index (Phi) is 7.80. The van der Waals surface area contributed by atoms with Gasteiger partial charge in [0.15, 0.2) is 0 Å². The summed E-state index contributed by atoms with van der Waals surface area (Å²) in [7, 11) is 0. The predicted molar refractivity (Wildman–Crippen MR) is 121 cm³/mol. The molecule has 180 valence electrons. The molecule has 0 aliphatic carbocycles. The molecule has 2 heterocycles. The maximum Gasteiger partial charge on any atom is 0.410 e. The molecule has 11 heteroatoms. The molecule has 0 radical (unpaired) electrons. The molecule has 1 atom stereocenters. The summed E-state index contributed by atoms with van der Waals surface area (Å²) in [6, 6.07) is 5.70. The molecule has 33 heavy (non-hydrogen) atoms. The van der Waals surface area contributed by atoms with E-state index in [0.717, 1.165) is 24.0 Å². The van der Waals surface area contributed by atoms with Crippen molar-refractivity contribution in [3.8, 4) is 5.75 Å². The van der Waals surface area contributed by atoms with E-state index in [1.54, 1.807) is 4.90 Å². The Labute approximate surface area is 197 Å². The molecule has 10 nitrogen and oxygen atoms in total. The van der Waals surface area contributed by atoms with E-state index in [0.29, 0.717) is 25.3 Å². The number of nitro groups is 1. The number of amides is 1. The largest absolute Gasteiger partial charge is 0.491 e. The quantitative estimate of drug-likeness (QED) is 0.470. The number of imidazole rings is 1. The van der Waals surface area contributed by atoms with Gasteiger partial charge in [-0.3, -0.25) is 4.57 Å². The molecule has 3 rings (SSSR count). The lowest BCUT2D eigenvalue weighted by Crippen LogP contribution is -2.36. The van der Waals surface area contributed by atoms with E-state index in [2.05, 4.69) is 4.98 Å². The fraction of sp³-hybridized carbons (Fsp3) is 0.545. The number of hydrogen-bond donors (Lipinski definition) is 1. The third-order valence-electron chi connectivity index (χ3n) is 5.11. The molecule has 0 bridgehead atoms. The zero-order valence-corrected chi connectivity index (χ0v) is 19.7. The number of fused-ring (bicyclic) bond motifs is 1. The van der Waals surface area contributed by atoms with Gasteiger partial charge in [0.25, 0.3) is 0 Å². The highest BCUT2D eigenvalue weighted by Crippen LogP contribution is 2.25. The third kappa shape index (κ3) is 7.06. The average Bonchev–Trinajstić information content (AvgIpc) is 2.97. The molecule has 2 aromatic rings. The Hall–Kier alpha value is -2.85. The van der Waals surface area contributed by atoms with Gasteiger partial charge < -0.3 is 29.6 Å². The maximum absolute atomic E-state index is 12.4. The van der Waals surface area contributed by atoms with Gasteiger partial charge in [-0.05, 0) is 84.8 Å². The monoisotopic (exact) mass is 480 g/mol. The second-order valence-corrected chi connectivity index (χ2v) is 9.35. The number of carbonyl (C=O) groups excluding carboxylic acids is 1. The minimum atomic E-state index is -0.788. The van der Waals surface area contributed by atoms with E-state index < -0.39 is 16.6 Å². The smallest absolute Gasteiger partial charge is 0.410 e. The predicted octanol–water partition coefficient (Wildman–Crippen LogP) is 3.96. The number of aliphatic hydroxyl groups is 1. The summed E-state index contributed by atoms with van der Waals surface area (Å²) >= 11 is 5.89. The number of aliphatic hydroxyl groups excluding tert-OH is 1. The molecule has 1 aliphatic heterocycles. The molecule has 1 aromatic carbocycles. The van der Waals surface area contributed by atoms with Crippen LogP contribution in [0.15, 0.2) is 24.4 Å². The van der Waals surface area contributed by atoms with Gasteiger partial charge in [-0.15, -0.1) is 0 Å². The first-order valence-electron chi connectivity index (χ1n) is 10.8. The molecule has 0 saturated heterocycles. The summed E-state index contributed by atoms with van der Waals surface area (Å²) in [4.78, 5) is 28.0. The molecule has 0 saturated carbocycles. The van der Waals surface area contributed by atoms with E-state index in [4.69, 9.17) is 21.1 Å². The number of rotatable bonds is 7. The number of carbonyl (C=O) groups is 1. The fourth-order valence-electron chi connectivity index (χ4n) is 3.50. The molecule has 1 N–H and O–H groups in total. The second kappa shape index (κ2) is 10.4. The second-order valence-electron chi connectivity index (χ2n) is 9.01. The zero-order chi connectivity index (χ0) is 24.2. The van der Waals surface area contributed by atoms with Gasteiger partial charge in [0, 0.05) is 19.6 Å². The number of aromatic nitrogens is 2. The number of benzene rings is 1. The van der Waals surface area contributed by atoms with Gasteiger partial charge in [0.2, 0.25) is 0 Å². The molecular weight excluding hydrogens is 452 g/mol. The lowest BCUT2D eigenvalue weighted by atomic mass is 10.0. The standard InChI is InChI=1S/C22H29ClN4O6/c1-22(2,3)33-21(29)26-9-4-5-15-11-18(7-6-16(15)12-26)32-14-17(28)8-10-25-13-19(27(30)31)24-20(25)23/h6-7,11,13,17,28H,4-5,8-10,12,14H2,1-3H3/t17-/m0/s1. The summed E-state index contributed by atoms with van der Waals surface area (Å²) in [5, 5.41) is 21.0. The van der Waals surface area contributed by atoms with Gasteiger partial charge in [0.1, 0.15) is 24.2 Å². The van der Waals surface area contributed by atoms with Crippen LogP contribution in [0.1, 0.15) is 44.7 Å². The summed E-state index contributed by atoms with van der Waals surface area (Å²) in [6.07, 6.45) is 2.06. The zero-order valence-electron chi connectivity index (χ0n) is 19.0. The molecule has 0 spiro atoms. The van der Waals surface area contributed by atoms with Crippen LogP contribution in [0.5, 0.6) is 5.75 Å². The van der Waals surface area contributed by atoms with Crippen molar-refractivity contribution < 1.29 is 24.3 Å². The van der Waals surface area contributed by atoms with E-state index >= 15 is 0 Å². The first-order valence-corrected chi connectivity index (χ1v) is 11.2. The van der Waals surface area contributed by atoms with Crippen LogP contribution < -0.4 is 4.74 Å². The van der Waals surface area contributed by atoms with Crippen molar-refractivity contribution in [1.29, 1.82) is 0 Å². The van der Waals surface area contributed by atoms with Crippen molar-refractivity contribution in [3.05, 3.63) is 50.9 Å². The van der Waals surface area contributed by atoms with Crippen LogP contribution >= 0.6 is 11.6 Å². The molecule has 1 aliphatic rings. The molecule has 1 amide bonds. The first kappa shape index (κ1) is 24.8. The Bertz CT molecular complexity index is 1000. The van der Waals surface area contributed by atoms with Crippen LogP contribution in [-0.4, -0.2) is 55.4 Å². The molecular formula is C22H29ClN4O6. The normalized spacial score (nSPS) is 14.9. The topological polar surface area (TPSA) is 120 Å². The van der Waals surface area contributed by atoms with Crippen molar-refractivity contribution in [1.82, 2.24) is 14.5 Å². The van der Waals surface area contributed by atoms with Crippen molar-refractivity contribution in [2.45, 2.75) is 64.8 Å². The summed E-state index contributed by atoms with van der Waals surface area (Å²) in [5.41, 5.74) is 1.61. The minimum absolute atomic E-state index is 0.000922. The van der Waals surface area contributed by atoms with Crippen molar-refractivity contribution >= 4 is 23.5 Å². The van der Waals surface area contributed by atoms with Gasteiger partial charge in [-0.1, -0.05) is 6.07 Å². The van der Waals surface area contributed by atoms with Crippen LogP contribution in [-0.2, 0) is 24.2 Å². The lowest BCUT2D eigenvalue weighted by molar-refractivity contribution is -0.389. The Morgan fingerprint density at radius 3 is 2.79 bits per heavy atom. The number of ether oxygens (including phenoxy) is 2. The van der Waals surface area contributed by atoms with Gasteiger partial charge in [-0.2, -0.15) is 0 Å². The Morgan fingerprint density at radius 2 is 2.12 bits per heavy atom. The third-order valence-corrected chi connectivity index (χ3v) is 5.41. The Balaban J connectivity index is 1.53. The van der Waals surface area contributed by atoms with Crippen LogP contribution in [0.25, 0.3) is 0 Å². The Morgan fingerprint density at radius 1 is 1.36 bits per heavy atom. The van der Waals surface area contributed by atoms with Crippen LogP contribution in [0.3, 0.4) is 0 Å². The van der Waals surface area contributed by atoms with Crippen molar-refractivity contribution in [3.63, 3.8) is 0 Å². The van der Waals surface area contributed by atoms with Gasteiger partial charge in [0.05, 0.1) is 6.10 Å². The molecule has 1 aromatic heterocycles. The van der Waals surface area contributed by atoms with Crippen molar-refractivity contribution in [2.24, 2.45) is 0 Å². The highest BCUT2D eigenvalue weighted by molar-refractivity contribution is 6.28. The van der Waals surface area contributed by atoms with Crippen LogP contribution in [0, 0.1) is 10.1 Å². The van der Waals surface area contributed by atoms with E-state index in [9.17, 15) is 20.0 Å². The molecule has 0 fully saturated rings. The lowest BCUT2D eigenvalue weighted by Gasteiger charge is -2.26. The summed E-state index contributed by atoms with van der Waals surface area (Å²) in [6.45, 7) is 6.98. The number of nitrogens with zero attached hydrogens (tertiary/aromatic N) is 4.